The fourth-order valence-corrected chi connectivity index (χ4v) is 3.50. The molecule has 0 spiro atoms. The van der Waals surface area contributed by atoms with E-state index in [2.05, 4.69) is 10.3 Å². The molecule has 140 valence electrons. The first-order valence-electron chi connectivity index (χ1n) is 8.29. The van der Waals surface area contributed by atoms with Crippen LogP contribution in [0.5, 0.6) is 5.75 Å². The number of hydrogen-bond acceptors (Lipinski definition) is 4. The number of carbonyl (C=O) groups is 1. The number of nitrogens with one attached hydrogen (secondary N) is 1. The Labute approximate surface area is 167 Å². The molecular formula is C20H20ClN3O2S. The van der Waals surface area contributed by atoms with Gasteiger partial charge in [0, 0.05) is 29.9 Å². The average molecular weight is 402 g/mol. The van der Waals surface area contributed by atoms with Crippen LogP contribution in [0.4, 0.5) is 0 Å². The van der Waals surface area contributed by atoms with Gasteiger partial charge >= 0.3 is 0 Å². The molecule has 0 aliphatic rings. The molecular weight excluding hydrogens is 382 g/mol. The van der Waals surface area contributed by atoms with Gasteiger partial charge in [-0.25, -0.2) is 4.98 Å². The molecule has 1 unspecified atom stereocenters. The lowest BCUT2D eigenvalue weighted by Crippen LogP contribution is -2.31. The molecule has 1 aromatic heterocycles. The van der Waals surface area contributed by atoms with Crippen LogP contribution >= 0.6 is 23.4 Å². The van der Waals surface area contributed by atoms with Gasteiger partial charge in [0.2, 0.25) is 0 Å². The number of methoxy groups -OCH3 is 1. The van der Waals surface area contributed by atoms with E-state index < -0.39 is 6.04 Å². The number of aromatic nitrogens is 2. The number of imidazole rings is 1. The maximum absolute atomic E-state index is 13.0. The molecule has 0 radical (unpaired) electrons. The lowest BCUT2D eigenvalue weighted by Gasteiger charge is -2.21. The Balaban J connectivity index is 2.02. The Kier molecular flexibility index (Phi) is 6.08. The van der Waals surface area contributed by atoms with Crippen molar-refractivity contribution in [1.29, 1.82) is 0 Å². The quantitative estimate of drug-likeness (QED) is 0.625. The van der Waals surface area contributed by atoms with Crippen molar-refractivity contribution in [2.45, 2.75) is 10.9 Å². The third-order valence-electron chi connectivity index (χ3n) is 4.26. The highest BCUT2D eigenvalue weighted by Gasteiger charge is 2.25. The minimum atomic E-state index is -0.484. The van der Waals surface area contributed by atoms with Gasteiger partial charge in [-0.2, -0.15) is 0 Å². The molecule has 1 N–H and O–H groups in total. The second-order valence-electron chi connectivity index (χ2n) is 5.89. The van der Waals surface area contributed by atoms with Gasteiger partial charge in [-0.3, -0.25) is 4.79 Å². The van der Waals surface area contributed by atoms with Crippen molar-refractivity contribution in [3.8, 4) is 5.75 Å². The highest BCUT2D eigenvalue weighted by atomic mass is 35.5. The minimum Gasteiger partial charge on any atom is -0.496 e. The second kappa shape index (κ2) is 8.50. The van der Waals surface area contributed by atoms with E-state index in [0.29, 0.717) is 22.2 Å². The van der Waals surface area contributed by atoms with Crippen molar-refractivity contribution in [2.75, 3.05) is 13.4 Å². The number of rotatable bonds is 6. The zero-order chi connectivity index (χ0) is 19.4. The standard InChI is InChI=1S/C20H20ClN3O2S/c1-24-11-10-22-19(24)18(14-6-4-5-7-17(14)26-2)23-20(25)15-12-13(27-3)8-9-16(15)21/h4-12,18H,1-3H3,(H,23,25). The molecule has 2 aromatic carbocycles. The van der Waals surface area contributed by atoms with Crippen LogP contribution in [-0.2, 0) is 7.05 Å². The Morgan fingerprint density at radius 3 is 2.74 bits per heavy atom. The first kappa shape index (κ1) is 19.3. The van der Waals surface area contributed by atoms with Gasteiger partial charge in [0.25, 0.3) is 5.91 Å². The highest BCUT2D eigenvalue weighted by molar-refractivity contribution is 7.98. The summed E-state index contributed by atoms with van der Waals surface area (Å²) < 4.78 is 7.37. The summed E-state index contributed by atoms with van der Waals surface area (Å²) in [6.07, 6.45) is 5.49. The number of aryl methyl sites for hydroxylation is 1. The molecule has 0 fully saturated rings. The van der Waals surface area contributed by atoms with E-state index in [1.165, 1.54) is 0 Å². The van der Waals surface area contributed by atoms with Crippen LogP contribution in [0.2, 0.25) is 5.02 Å². The second-order valence-corrected chi connectivity index (χ2v) is 7.18. The van der Waals surface area contributed by atoms with Gasteiger partial charge in [0.1, 0.15) is 17.6 Å². The van der Waals surface area contributed by atoms with Gasteiger partial charge in [-0.15, -0.1) is 11.8 Å². The monoisotopic (exact) mass is 401 g/mol. The van der Waals surface area contributed by atoms with E-state index >= 15 is 0 Å². The number of para-hydroxylation sites is 1. The number of carbonyl (C=O) groups excluding carboxylic acids is 1. The van der Waals surface area contributed by atoms with Gasteiger partial charge in [-0.05, 0) is 30.5 Å². The summed E-state index contributed by atoms with van der Waals surface area (Å²) in [4.78, 5) is 18.4. The normalized spacial score (nSPS) is 11.9. The van der Waals surface area contributed by atoms with Crippen LogP contribution in [0, 0.1) is 0 Å². The van der Waals surface area contributed by atoms with Crippen LogP contribution < -0.4 is 10.1 Å². The number of ether oxygens (including phenoxy) is 1. The maximum atomic E-state index is 13.0. The molecule has 0 aliphatic carbocycles. The van der Waals surface area contributed by atoms with Crippen molar-refractivity contribution in [1.82, 2.24) is 14.9 Å². The summed E-state index contributed by atoms with van der Waals surface area (Å²) in [6.45, 7) is 0. The van der Waals surface area contributed by atoms with E-state index in [9.17, 15) is 4.79 Å². The molecule has 0 saturated carbocycles. The van der Waals surface area contributed by atoms with E-state index in [0.717, 1.165) is 10.5 Å². The maximum Gasteiger partial charge on any atom is 0.253 e. The molecule has 5 nitrogen and oxygen atoms in total. The largest absolute Gasteiger partial charge is 0.496 e. The van der Waals surface area contributed by atoms with Crippen LogP contribution in [-0.4, -0.2) is 28.8 Å². The topological polar surface area (TPSA) is 56.1 Å². The molecule has 1 atom stereocenters. The summed E-state index contributed by atoms with van der Waals surface area (Å²) in [5, 5.41) is 3.47. The molecule has 3 rings (SSSR count). The SMILES string of the molecule is COc1ccccc1C(NC(=O)c1cc(SC)ccc1Cl)c1nccn1C. The van der Waals surface area contributed by atoms with Crippen LogP contribution in [0.15, 0.2) is 59.8 Å². The zero-order valence-corrected chi connectivity index (χ0v) is 16.8. The van der Waals surface area contributed by atoms with Crippen molar-refractivity contribution in [3.63, 3.8) is 0 Å². The number of nitrogens with zero attached hydrogens (tertiary/aromatic N) is 2. The van der Waals surface area contributed by atoms with E-state index in [4.69, 9.17) is 16.3 Å². The van der Waals surface area contributed by atoms with E-state index in [1.807, 2.05) is 54.4 Å². The summed E-state index contributed by atoms with van der Waals surface area (Å²) in [6, 6.07) is 12.5. The van der Waals surface area contributed by atoms with Crippen LogP contribution in [0.3, 0.4) is 0 Å². The smallest absolute Gasteiger partial charge is 0.253 e. The number of hydrogen-bond donors (Lipinski definition) is 1. The predicted octanol–water partition coefficient (Wildman–Crippen LogP) is 4.32. The summed E-state index contributed by atoms with van der Waals surface area (Å²) in [5.74, 6) is 1.11. The highest BCUT2D eigenvalue weighted by Crippen LogP contribution is 2.30. The molecule has 3 aromatic rings. The van der Waals surface area contributed by atoms with E-state index in [-0.39, 0.29) is 5.91 Å². The number of amides is 1. The van der Waals surface area contributed by atoms with Crippen molar-refractivity contribution < 1.29 is 9.53 Å². The average Bonchev–Trinajstić information content (AvgIpc) is 3.12. The van der Waals surface area contributed by atoms with Gasteiger partial charge in [0.05, 0.1) is 17.7 Å². The fraction of sp³-hybridized carbons (Fsp3) is 0.200. The van der Waals surface area contributed by atoms with Crippen LogP contribution in [0.25, 0.3) is 0 Å². The molecule has 0 bridgehead atoms. The number of thioether (sulfide) groups is 1. The first-order valence-corrected chi connectivity index (χ1v) is 9.90. The fourth-order valence-electron chi connectivity index (χ4n) is 2.86. The Morgan fingerprint density at radius 2 is 2.07 bits per heavy atom. The summed E-state index contributed by atoms with van der Waals surface area (Å²) in [7, 11) is 3.49. The summed E-state index contributed by atoms with van der Waals surface area (Å²) in [5.41, 5.74) is 1.25. The van der Waals surface area contributed by atoms with Crippen molar-refractivity contribution in [3.05, 3.63) is 76.8 Å². The van der Waals surface area contributed by atoms with E-state index in [1.54, 1.807) is 37.2 Å². The Morgan fingerprint density at radius 1 is 1.30 bits per heavy atom. The molecule has 1 amide bonds. The number of benzene rings is 2. The Bertz CT molecular complexity index is 958. The predicted molar refractivity (Wildman–Crippen MR) is 109 cm³/mol. The first-order chi connectivity index (χ1) is 13.0. The van der Waals surface area contributed by atoms with Gasteiger partial charge < -0.3 is 14.6 Å². The lowest BCUT2D eigenvalue weighted by molar-refractivity contribution is 0.0940. The minimum absolute atomic E-state index is 0.269. The molecule has 7 heteroatoms. The van der Waals surface area contributed by atoms with Gasteiger partial charge in [-0.1, -0.05) is 29.8 Å². The molecule has 0 aliphatic heterocycles. The molecule has 0 saturated heterocycles. The molecule has 1 heterocycles. The van der Waals surface area contributed by atoms with Crippen molar-refractivity contribution in [2.24, 2.45) is 7.05 Å². The molecule has 27 heavy (non-hydrogen) atoms. The zero-order valence-electron chi connectivity index (χ0n) is 15.3. The summed E-state index contributed by atoms with van der Waals surface area (Å²) >= 11 is 7.83. The van der Waals surface area contributed by atoms with Gasteiger partial charge in [0.15, 0.2) is 0 Å². The van der Waals surface area contributed by atoms with Crippen molar-refractivity contribution >= 4 is 29.3 Å². The number of halogens is 1. The third-order valence-corrected chi connectivity index (χ3v) is 5.32. The third kappa shape index (κ3) is 4.12. The lowest BCUT2D eigenvalue weighted by atomic mass is 10.0. The Hall–Kier alpha value is -2.44. The van der Waals surface area contributed by atoms with Crippen LogP contribution in [0.1, 0.15) is 27.8 Å².